The Morgan fingerprint density at radius 2 is 1.95 bits per heavy atom. The smallest absolute Gasteiger partial charge is 0.291 e. The van der Waals surface area contributed by atoms with Gasteiger partial charge in [-0.1, -0.05) is 35.3 Å². The van der Waals surface area contributed by atoms with Crippen LogP contribution in [0.25, 0.3) is 0 Å². The van der Waals surface area contributed by atoms with E-state index in [0.29, 0.717) is 5.56 Å². The Bertz CT molecular complexity index is 664. The number of nitrogens with zero attached hydrogens (tertiary/aromatic N) is 1. The molecule has 0 aliphatic heterocycles. The molecule has 0 saturated heterocycles. The molecule has 0 N–H and O–H groups in total. The largest absolute Gasteiger partial charge is 0.487 e. The Morgan fingerprint density at radius 3 is 2.60 bits per heavy atom. The van der Waals surface area contributed by atoms with Crippen molar-refractivity contribution < 1.29 is 14.1 Å². The lowest BCUT2D eigenvalue weighted by Crippen LogP contribution is -1.98. The van der Waals surface area contributed by atoms with Crippen LogP contribution in [0.3, 0.4) is 0 Å². The molecule has 0 saturated carbocycles. The number of rotatable bonds is 4. The van der Waals surface area contributed by atoms with Crippen LogP contribution >= 0.6 is 23.2 Å². The van der Waals surface area contributed by atoms with Crippen LogP contribution in [0.2, 0.25) is 10.0 Å². The summed E-state index contributed by atoms with van der Waals surface area (Å²) in [5.74, 6) is -0.272. The van der Waals surface area contributed by atoms with E-state index >= 15 is 0 Å². The van der Waals surface area contributed by atoms with E-state index in [-0.39, 0.29) is 33.9 Å². The molecule has 4 nitrogen and oxygen atoms in total. The highest BCUT2D eigenvalue weighted by Gasteiger charge is 2.17. The van der Waals surface area contributed by atoms with Gasteiger partial charge in [0.2, 0.25) is 0 Å². The van der Waals surface area contributed by atoms with E-state index in [0.717, 1.165) is 6.07 Å². The second-order valence-corrected chi connectivity index (χ2v) is 4.72. The first-order chi connectivity index (χ1) is 9.47. The third-order valence-corrected chi connectivity index (χ3v) is 3.08. The average molecular weight is 316 g/mol. The number of halogens is 3. The molecule has 2 aromatic carbocycles. The van der Waals surface area contributed by atoms with E-state index < -0.39 is 4.92 Å². The maximum absolute atomic E-state index is 13.0. The second-order valence-electron chi connectivity index (χ2n) is 3.91. The molecular weight excluding hydrogens is 308 g/mol. The minimum atomic E-state index is -0.631. The van der Waals surface area contributed by atoms with Crippen molar-refractivity contribution in [3.8, 4) is 5.75 Å². The second kappa shape index (κ2) is 6.07. The van der Waals surface area contributed by atoms with Gasteiger partial charge in [-0.05, 0) is 23.8 Å². The monoisotopic (exact) mass is 315 g/mol. The van der Waals surface area contributed by atoms with Crippen molar-refractivity contribution in [1.82, 2.24) is 0 Å². The van der Waals surface area contributed by atoms with Crippen molar-refractivity contribution in [3.05, 3.63) is 67.9 Å². The molecule has 0 bridgehead atoms. The Kier molecular flexibility index (Phi) is 4.42. The molecule has 0 radical (unpaired) electrons. The molecule has 0 heterocycles. The van der Waals surface area contributed by atoms with Gasteiger partial charge in [-0.2, -0.15) is 0 Å². The highest BCUT2D eigenvalue weighted by molar-refractivity contribution is 6.36. The summed E-state index contributed by atoms with van der Waals surface area (Å²) in [4.78, 5) is 10.1. The van der Waals surface area contributed by atoms with Crippen LogP contribution in [0.1, 0.15) is 5.56 Å². The van der Waals surface area contributed by atoms with Crippen LogP contribution < -0.4 is 4.74 Å². The predicted octanol–water partition coefficient (Wildman–Crippen LogP) is 4.62. The lowest BCUT2D eigenvalue weighted by Gasteiger charge is -2.08. The lowest BCUT2D eigenvalue weighted by atomic mass is 10.2. The fourth-order valence-electron chi connectivity index (χ4n) is 1.56. The van der Waals surface area contributed by atoms with Crippen molar-refractivity contribution in [2.75, 3.05) is 0 Å². The summed E-state index contributed by atoms with van der Waals surface area (Å²) in [5, 5.41) is 10.9. The molecule has 2 aromatic rings. The van der Waals surface area contributed by atoms with Gasteiger partial charge in [-0.25, -0.2) is 4.39 Å². The first-order valence-corrected chi connectivity index (χ1v) is 6.23. The minimum Gasteiger partial charge on any atom is -0.487 e. The molecule has 0 spiro atoms. The first-order valence-electron chi connectivity index (χ1n) is 5.48. The molecule has 0 aliphatic rings. The van der Waals surface area contributed by atoms with Gasteiger partial charge in [0.15, 0.2) is 0 Å². The van der Waals surface area contributed by atoms with Gasteiger partial charge in [0, 0.05) is 0 Å². The number of ether oxygens (including phenoxy) is 1. The van der Waals surface area contributed by atoms with Gasteiger partial charge < -0.3 is 4.74 Å². The third-order valence-electron chi connectivity index (χ3n) is 2.48. The number of hydrogen-bond donors (Lipinski definition) is 0. The van der Waals surface area contributed by atoms with Crippen molar-refractivity contribution in [1.29, 1.82) is 0 Å². The highest BCUT2D eigenvalue weighted by Crippen LogP contribution is 2.35. The molecular formula is C13H8Cl2FNO3. The minimum absolute atomic E-state index is 0.0380. The molecule has 7 heteroatoms. The van der Waals surface area contributed by atoms with Gasteiger partial charge in [0.25, 0.3) is 5.69 Å². The SMILES string of the molecule is O=[N+]([O-])c1cc(OCc2cccc(F)c2)c(Cl)cc1Cl. The van der Waals surface area contributed by atoms with Crippen molar-refractivity contribution in [2.24, 2.45) is 0 Å². The lowest BCUT2D eigenvalue weighted by molar-refractivity contribution is -0.384. The summed E-state index contributed by atoms with van der Waals surface area (Å²) in [6.07, 6.45) is 0. The Morgan fingerprint density at radius 1 is 1.20 bits per heavy atom. The van der Waals surface area contributed by atoms with Crippen LogP contribution in [0.15, 0.2) is 36.4 Å². The van der Waals surface area contributed by atoms with E-state index in [9.17, 15) is 14.5 Å². The summed E-state index contributed by atoms with van der Waals surface area (Å²) in [6, 6.07) is 8.20. The van der Waals surface area contributed by atoms with E-state index in [1.165, 1.54) is 18.2 Å². The molecule has 104 valence electrons. The summed E-state index contributed by atoms with van der Waals surface area (Å²) in [5.41, 5.74) is 0.281. The highest BCUT2D eigenvalue weighted by atomic mass is 35.5. The molecule has 0 aliphatic carbocycles. The normalized spacial score (nSPS) is 10.3. The van der Waals surface area contributed by atoms with Gasteiger partial charge in [0.1, 0.15) is 23.2 Å². The van der Waals surface area contributed by atoms with Crippen LogP contribution in [-0.4, -0.2) is 4.92 Å². The zero-order chi connectivity index (χ0) is 14.7. The van der Waals surface area contributed by atoms with Crippen LogP contribution in [0, 0.1) is 15.9 Å². The molecule has 0 unspecified atom stereocenters. The van der Waals surface area contributed by atoms with Crippen LogP contribution in [0.4, 0.5) is 10.1 Å². The number of benzene rings is 2. The maximum atomic E-state index is 13.0. The molecule has 0 atom stereocenters. The van der Waals surface area contributed by atoms with E-state index in [1.54, 1.807) is 12.1 Å². The third kappa shape index (κ3) is 3.37. The number of nitro benzene ring substituents is 1. The van der Waals surface area contributed by atoms with Crippen molar-refractivity contribution in [3.63, 3.8) is 0 Å². The fraction of sp³-hybridized carbons (Fsp3) is 0.0769. The van der Waals surface area contributed by atoms with Crippen LogP contribution in [-0.2, 0) is 6.61 Å². The first kappa shape index (κ1) is 14.6. The van der Waals surface area contributed by atoms with Gasteiger partial charge in [-0.3, -0.25) is 10.1 Å². The zero-order valence-electron chi connectivity index (χ0n) is 9.98. The maximum Gasteiger partial charge on any atom is 0.291 e. The van der Waals surface area contributed by atoms with E-state index in [2.05, 4.69) is 0 Å². The van der Waals surface area contributed by atoms with E-state index in [1.807, 2.05) is 0 Å². The molecule has 20 heavy (non-hydrogen) atoms. The number of nitro groups is 1. The molecule has 0 aromatic heterocycles. The zero-order valence-corrected chi connectivity index (χ0v) is 11.5. The summed E-state index contributed by atoms with van der Waals surface area (Å²) in [7, 11) is 0. The molecule has 2 rings (SSSR count). The Balaban J connectivity index is 2.21. The van der Waals surface area contributed by atoms with E-state index in [4.69, 9.17) is 27.9 Å². The standard InChI is InChI=1S/C13H8Cl2FNO3/c14-10-5-11(15)13(6-12(10)17(18)19)20-7-8-2-1-3-9(16)4-8/h1-6H,7H2. The number of hydrogen-bond acceptors (Lipinski definition) is 3. The van der Waals surface area contributed by atoms with Gasteiger partial charge in [-0.15, -0.1) is 0 Å². The topological polar surface area (TPSA) is 52.4 Å². The fourth-order valence-corrected chi connectivity index (χ4v) is 2.06. The van der Waals surface area contributed by atoms with Gasteiger partial charge in [0.05, 0.1) is 16.0 Å². The Labute approximate surface area is 123 Å². The van der Waals surface area contributed by atoms with Crippen molar-refractivity contribution >= 4 is 28.9 Å². The average Bonchev–Trinajstić information content (AvgIpc) is 2.37. The Hall–Kier alpha value is -1.85. The summed E-state index contributed by atoms with van der Waals surface area (Å²) in [6.45, 7) is 0.0380. The van der Waals surface area contributed by atoms with Crippen LogP contribution in [0.5, 0.6) is 5.75 Å². The van der Waals surface area contributed by atoms with Gasteiger partial charge >= 0.3 is 0 Å². The molecule has 0 amide bonds. The summed E-state index contributed by atoms with van der Waals surface area (Å²) < 4.78 is 18.4. The quantitative estimate of drug-likeness (QED) is 0.611. The van der Waals surface area contributed by atoms with Crippen molar-refractivity contribution in [2.45, 2.75) is 6.61 Å². The predicted molar refractivity (Wildman–Crippen MR) is 73.8 cm³/mol. The molecule has 0 fully saturated rings. The summed E-state index contributed by atoms with van der Waals surface area (Å²) >= 11 is 11.6.